The van der Waals surface area contributed by atoms with Crippen molar-refractivity contribution in [2.24, 2.45) is 0 Å². The Bertz CT molecular complexity index is 696. The SMILES string of the molecule is O=C(C[NH+]1CCOCC1)Nc1cccc(S(=O)(=O)N2CCCCC2)c1. The molecule has 0 saturated carbocycles. The number of nitrogens with one attached hydrogen (secondary N) is 2. The van der Waals surface area contributed by atoms with E-state index in [1.807, 2.05) is 0 Å². The first-order chi connectivity index (χ1) is 12.1. The fourth-order valence-electron chi connectivity index (χ4n) is 3.26. The van der Waals surface area contributed by atoms with E-state index in [2.05, 4.69) is 5.32 Å². The van der Waals surface area contributed by atoms with E-state index in [0.29, 0.717) is 38.5 Å². The van der Waals surface area contributed by atoms with Crippen LogP contribution < -0.4 is 10.2 Å². The van der Waals surface area contributed by atoms with Crippen LogP contribution >= 0.6 is 0 Å². The van der Waals surface area contributed by atoms with Crippen LogP contribution in [0.25, 0.3) is 0 Å². The van der Waals surface area contributed by atoms with Crippen LogP contribution in [0.1, 0.15) is 19.3 Å². The van der Waals surface area contributed by atoms with Gasteiger partial charge in [-0.1, -0.05) is 12.5 Å². The minimum absolute atomic E-state index is 0.107. The Morgan fingerprint density at radius 2 is 1.88 bits per heavy atom. The number of anilines is 1. The third-order valence-corrected chi connectivity index (χ3v) is 6.58. The quantitative estimate of drug-likeness (QED) is 0.749. The molecule has 3 rings (SSSR count). The highest BCUT2D eigenvalue weighted by atomic mass is 32.2. The Morgan fingerprint density at radius 3 is 2.60 bits per heavy atom. The molecule has 2 saturated heterocycles. The molecule has 2 N–H and O–H groups in total. The maximum Gasteiger partial charge on any atom is 0.279 e. The van der Waals surface area contributed by atoms with Gasteiger partial charge in [0.1, 0.15) is 13.1 Å². The number of hydrogen-bond donors (Lipinski definition) is 2. The summed E-state index contributed by atoms with van der Waals surface area (Å²) in [6.07, 6.45) is 2.88. The highest BCUT2D eigenvalue weighted by molar-refractivity contribution is 7.89. The summed E-state index contributed by atoms with van der Waals surface area (Å²) in [7, 11) is -3.49. The molecule has 2 fully saturated rings. The summed E-state index contributed by atoms with van der Waals surface area (Å²) in [5.41, 5.74) is 0.524. The molecule has 0 unspecified atom stereocenters. The van der Waals surface area contributed by atoms with Crippen LogP contribution in [0.5, 0.6) is 0 Å². The Hall–Kier alpha value is -1.48. The fourth-order valence-corrected chi connectivity index (χ4v) is 4.82. The van der Waals surface area contributed by atoms with Gasteiger partial charge >= 0.3 is 0 Å². The molecule has 7 nitrogen and oxygen atoms in total. The number of quaternary nitrogens is 1. The van der Waals surface area contributed by atoms with Crippen LogP contribution in [0.2, 0.25) is 0 Å². The number of carbonyl (C=O) groups is 1. The highest BCUT2D eigenvalue weighted by Crippen LogP contribution is 2.22. The summed E-state index contributed by atoms with van der Waals surface area (Å²) < 4.78 is 32.3. The predicted molar refractivity (Wildman–Crippen MR) is 94.1 cm³/mol. The van der Waals surface area contributed by atoms with Gasteiger partial charge in [0, 0.05) is 18.8 Å². The number of piperidine rings is 1. The topological polar surface area (TPSA) is 80.1 Å². The van der Waals surface area contributed by atoms with E-state index in [4.69, 9.17) is 4.74 Å². The second-order valence-electron chi connectivity index (χ2n) is 6.58. The van der Waals surface area contributed by atoms with E-state index in [1.165, 1.54) is 9.21 Å². The monoisotopic (exact) mass is 368 g/mol. The fraction of sp³-hybridized carbons (Fsp3) is 0.588. The van der Waals surface area contributed by atoms with Crippen LogP contribution in [0, 0.1) is 0 Å². The van der Waals surface area contributed by atoms with Gasteiger partial charge in [0.15, 0.2) is 6.54 Å². The van der Waals surface area contributed by atoms with Gasteiger partial charge in [-0.25, -0.2) is 8.42 Å². The molecule has 1 aromatic carbocycles. The number of sulfonamides is 1. The standard InChI is InChI=1S/C17H25N3O4S/c21-17(14-19-9-11-24-12-10-19)18-15-5-4-6-16(13-15)25(22,23)20-7-2-1-3-8-20/h4-6,13H,1-3,7-12,14H2,(H,18,21)/p+1. The summed E-state index contributed by atoms with van der Waals surface area (Å²) in [5, 5.41) is 2.82. The Kier molecular flexibility index (Phi) is 6.06. The molecule has 0 spiro atoms. The van der Waals surface area contributed by atoms with E-state index in [1.54, 1.807) is 24.3 Å². The Balaban J connectivity index is 1.65. The smallest absolute Gasteiger partial charge is 0.279 e. The van der Waals surface area contributed by atoms with E-state index in [0.717, 1.165) is 32.4 Å². The predicted octanol–water partition coefficient (Wildman–Crippen LogP) is -0.285. The van der Waals surface area contributed by atoms with Crippen molar-refractivity contribution in [3.05, 3.63) is 24.3 Å². The first kappa shape index (κ1) is 18.3. The lowest BCUT2D eigenvalue weighted by atomic mass is 10.2. The average molecular weight is 368 g/mol. The van der Waals surface area contributed by atoms with E-state index < -0.39 is 10.0 Å². The van der Waals surface area contributed by atoms with Crippen LogP contribution in [0.3, 0.4) is 0 Å². The maximum atomic E-state index is 12.7. The zero-order chi connectivity index (χ0) is 17.7. The van der Waals surface area contributed by atoms with Gasteiger partial charge in [-0.3, -0.25) is 4.79 Å². The Labute approximate surface area is 149 Å². The largest absolute Gasteiger partial charge is 0.370 e. The lowest BCUT2D eigenvalue weighted by molar-refractivity contribution is -0.899. The minimum Gasteiger partial charge on any atom is -0.370 e. The number of benzene rings is 1. The zero-order valence-electron chi connectivity index (χ0n) is 14.4. The first-order valence-corrected chi connectivity index (χ1v) is 10.3. The average Bonchev–Trinajstić information content (AvgIpc) is 2.63. The van der Waals surface area contributed by atoms with Crippen LogP contribution in [-0.2, 0) is 19.6 Å². The summed E-state index contributed by atoms with van der Waals surface area (Å²) in [5.74, 6) is -0.107. The van der Waals surface area contributed by atoms with Gasteiger partial charge in [-0.2, -0.15) is 4.31 Å². The number of morpholine rings is 1. The zero-order valence-corrected chi connectivity index (χ0v) is 15.2. The van der Waals surface area contributed by atoms with Crippen molar-refractivity contribution < 1.29 is 22.8 Å². The minimum atomic E-state index is -3.49. The molecule has 0 radical (unpaired) electrons. The molecule has 0 bridgehead atoms. The normalized spacial score (nSPS) is 20.3. The van der Waals surface area contributed by atoms with Crippen LogP contribution in [-0.4, -0.2) is 64.6 Å². The third kappa shape index (κ3) is 4.78. The van der Waals surface area contributed by atoms with Crippen molar-refractivity contribution in [1.29, 1.82) is 0 Å². The summed E-state index contributed by atoms with van der Waals surface area (Å²) >= 11 is 0. The van der Waals surface area contributed by atoms with Crippen molar-refractivity contribution >= 4 is 21.6 Å². The second-order valence-corrected chi connectivity index (χ2v) is 8.52. The molecule has 25 heavy (non-hydrogen) atoms. The molecule has 1 aromatic rings. The van der Waals surface area contributed by atoms with Gasteiger partial charge in [0.25, 0.3) is 5.91 Å². The van der Waals surface area contributed by atoms with E-state index in [-0.39, 0.29) is 10.8 Å². The van der Waals surface area contributed by atoms with Gasteiger partial charge in [-0.15, -0.1) is 0 Å². The van der Waals surface area contributed by atoms with Crippen molar-refractivity contribution in [3.8, 4) is 0 Å². The lowest BCUT2D eigenvalue weighted by Crippen LogP contribution is -3.15. The van der Waals surface area contributed by atoms with Crippen LogP contribution in [0.4, 0.5) is 5.69 Å². The molecule has 1 amide bonds. The number of carbonyl (C=O) groups excluding carboxylic acids is 1. The van der Waals surface area contributed by atoms with Gasteiger partial charge in [-0.05, 0) is 31.0 Å². The molecule has 138 valence electrons. The molecule has 8 heteroatoms. The maximum absolute atomic E-state index is 12.7. The molecule has 0 aromatic heterocycles. The molecular weight excluding hydrogens is 342 g/mol. The molecule has 0 aliphatic carbocycles. The number of hydrogen-bond acceptors (Lipinski definition) is 4. The van der Waals surface area contributed by atoms with E-state index in [9.17, 15) is 13.2 Å². The van der Waals surface area contributed by atoms with E-state index >= 15 is 0 Å². The van der Waals surface area contributed by atoms with Gasteiger partial charge < -0.3 is 15.0 Å². The first-order valence-electron chi connectivity index (χ1n) is 8.87. The van der Waals surface area contributed by atoms with Gasteiger partial charge in [0.2, 0.25) is 10.0 Å². The lowest BCUT2D eigenvalue weighted by Gasteiger charge is -2.26. The highest BCUT2D eigenvalue weighted by Gasteiger charge is 2.26. The third-order valence-electron chi connectivity index (χ3n) is 4.68. The Morgan fingerprint density at radius 1 is 1.16 bits per heavy atom. The van der Waals surface area contributed by atoms with Gasteiger partial charge in [0.05, 0.1) is 18.1 Å². The number of ether oxygens (including phenoxy) is 1. The summed E-state index contributed by atoms with van der Waals surface area (Å²) in [6, 6.07) is 6.54. The molecule has 2 heterocycles. The summed E-state index contributed by atoms with van der Waals surface area (Å²) in [6.45, 7) is 4.48. The van der Waals surface area contributed by atoms with Crippen molar-refractivity contribution in [3.63, 3.8) is 0 Å². The summed E-state index contributed by atoms with van der Waals surface area (Å²) in [4.78, 5) is 13.6. The second kappa shape index (κ2) is 8.27. The molecule has 2 aliphatic rings. The molecular formula is C17H26N3O4S+. The number of rotatable bonds is 5. The van der Waals surface area contributed by atoms with Crippen LogP contribution in [0.15, 0.2) is 29.2 Å². The molecule has 2 aliphatic heterocycles. The van der Waals surface area contributed by atoms with Crippen molar-refractivity contribution in [2.75, 3.05) is 51.3 Å². The number of amides is 1. The van der Waals surface area contributed by atoms with Crippen molar-refractivity contribution in [2.45, 2.75) is 24.2 Å². The van der Waals surface area contributed by atoms with Crippen molar-refractivity contribution in [1.82, 2.24) is 4.31 Å². The number of nitrogens with zero attached hydrogens (tertiary/aromatic N) is 1. The molecule has 0 atom stereocenters.